The molecule has 0 bridgehead atoms. The van der Waals surface area contributed by atoms with Crippen LogP contribution in [-0.4, -0.2) is 33.4 Å². The average Bonchev–Trinajstić information content (AvgIpc) is 1.79. The largest absolute Gasteiger partial charge is 0.371 e. The lowest BCUT2D eigenvalue weighted by Gasteiger charge is -2.48. The summed E-state index contributed by atoms with van der Waals surface area (Å²) in [6.45, 7) is 5.87. The van der Waals surface area contributed by atoms with Crippen LogP contribution >= 0.6 is 12.2 Å². The van der Waals surface area contributed by atoms with Gasteiger partial charge in [0.1, 0.15) is 5.72 Å². The lowest BCUT2D eigenvalue weighted by atomic mass is 9.90. The van der Waals surface area contributed by atoms with Crippen LogP contribution in [0.25, 0.3) is 0 Å². The van der Waals surface area contributed by atoms with Gasteiger partial charge in [-0.15, -0.1) is 0 Å². The third-order valence-corrected chi connectivity index (χ3v) is 2.74. The first kappa shape index (κ1) is 9.74. The van der Waals surface area contributed by atoms with Gasteiger partial charge in [-0.25, -0.2) is 0 Å². The molecule has 0 radical (unpaired) electrons. The van der Waals surface area contributed by atoms with Crippen LogP contribution in [0.1, 0.15) is 27.2 Å². The molecule has 1 heterocycles. The maximum atomic E-state index is 9.77. The molecule has 0 aromatic rings. The molecule has 1 atom stereocenters. The normalized spacial score (nSPS) is 34.8. The van der Waals surface area contributed by atoms with Crippen molar-refractivity contribution in [2.45, 2.75) is 38.5 Å². The topological polar surface area (TPSA) is 35.5 Å². The standard InChI is InChI=1S/C8H16N2OS/c1-7(2)5-8(3,11)9-6(12)10(7)4/h11H,5H2,1-4H3,(H,9,12). The predicted octanol–water partition coefficient (Wildman–Crippen LogP) is 0.684. The Labute approximate surface area is 78.8 Å². The molecule has 0 saturated carbocycles. The van der Waals surface area contributed by atoms with Crippen molar-refractivity contribution in [3.63, 3.8) is 0 Å². The van der Waals surface area contributed by atoms with E-state index in [-0.39, 0.29) is 5.54 Å². The summed E-state index contributed by atoms with van der Waals surface area (Å²) in [4.78, 5) is 1.97. The quantitative estimate of drug-likeness (QED) is 0.548. The molecule has 1 unspecified atom stereocenters. The first-order chi connectivity index (χ1) is 5.25. The minimum atomic E-state index is -0.868. The summed E-state index contributed by atoms with van der Waals surface area (Å²) in [6, 6.07) is 0. The van der Waals surface area contributed by atoms with Crippen LogP contribution in [0.2, 0.25) is 0 Å². The van der Waals surface area contributed by atoms with Crippen molar-refractivity contribution in [2.75, 3.05) is 7.05 Å². The average molecular weight is 188 g/mol. The van der Waals surface area contributed by atoms with Gasteiger partial charge >= 0.3 is 0 Å². The van der Waals surface area contributed by atoms with Crippen molar-refractivity contribution in [2.24, 2.45) is 0 Å². The Morgan fingerprint density at radius 1 is 1.50 bits per heavy atom. The van der Waals surface area contributed by atoms with E-state index in [0.717, 1.165) is 0 Å². The highest BCUT2D eigenvalue weighted by Gasteiger charge is 2.40. The van der Waals surface area contributed by atoms with Crippen LogP contribution in [0.15, 0.2) is 0 Å². The Hall–Kier alpha value is -0.350. The minimum absolute atomic E-state index is 0.0775. The summed E-state index contributed by atoms with van der Waals surface area (Å²) >= 11 is 5.08. The molecule has 0 spiro atoms. The van der Waals surface area contributed by atoms with Gasteiger partial charge in [0.15, 0.2) is 5.11 Å². The zero-order valence-corrected chi connectivity index (χ0v) is 8.83. The van der Waals surface area contributed by atoms with Gasteiger partial charge in [0, 0.05) is 19.0 Å². The Morgan fingerprint density at radius 2 is 2.00 bits per heavy atom. The van der Waals surface area contributed by atoms with Gasteiger partial charge in [-0.1, -0.05) is 0 Å². The van der Waals surface area contributed by atoms with E-state index in [4.69, 9.17) is 12.2 Å². The summed E-state index contributed by atoms with van der Waals surface area (Å²) in [7, 11) is 1.94. The Kier molecular flexibility index (Phi) is 2.08. The number of aliphatic hydroxyl groups is 1. The van der Waals surface area contributed by atoms with Crippen LogP contribution in [0.4, 0.5) is 0 Å². The number of rotatable bonds is 0. The highest BCUT2D eigenvalue weighted by molar-refractivity contribution is 7.80. The molecule has 4 heteroatoms. The summed E-state index contributed by atoms with van der Waals surface area (Å²) in [5.74, 6) is 0. The second-order valence-electron chi connectivity index (χ2n) is 4.25. The second-order valence-corrected chi connectivity index (χ2v) is 4.64. The molecule has 1 rings (SSSR count). The minimum Gasteiger partial charge on any atom is -0.371 e. The number of hydrogen-bond acceptors (Lipinski definition) is 2. The fourth-order valence-electron chi connectivity index (χ4n) is 1.59. The van der Waals surface area contributed by atoms with E-state index < -0.39 is 5.72 Å². The number of nitrogens with one attached hydrogen (secondary N) is 1. The summed E-state index contributed by atoms with van der Waals surface area (Å²) < 4.78 is 0. The SMILES string of the molecule is CN1C(=S)NC(C)(O)CC1(C)C. The first-order valence-electron chi connectivity index (χ1n) is 4.03. The van der Waals surface area contributed by atoms with Gasteiger partial charge in [0.25, 0.3) is 0 Å². The van der Waals surface area contributed by atoms with Gasteiger partial charge in [0.05, 0.1) is 0 Å². The van der Waals surface area contributed by atoms with Crippen molar-refractivity contribution in [1.82, 2.24) is 10.2 Å². The molecule has 70 valence electrons. The first-order valence-corrected chi connectivity index (χ1v) is 4.44. The molecule has 12 heavy (non-hydrogen) atoms. The van der Waals surface area contributed by atoms with E-state index in [9.17, 15) is 5.11 Å². The molecule has 0 amide bonds. The molecule has 2 N–H and O–H groups in total. The highest BCUT2D eigenvalue weighted by atomic mass is 32.1. The number of nitrogens with zero attached hydrogens (tertiary/aromatic N) is 1. The Bertz CT molecular complexity index is 213. The summed E-state index contributed by atoms with van der Waals surface area (Å²) in [5, 5.41) is 13.3. The van der Waals surface area contributed by atoms with Gasteiger partial charge in [-0.3, -0.25) is 0 Å². The third kappa shape index (κ3) is 1.69. The molecule has 3 nitrogen and oxygen atoms in total. The third-order valence-electron chi connectivity index (χ3n) is 2.37. The van der Waals surface area contributed by atoms with Crippen LogP contribution in [-0.2, 0) is 0 Å². The highest BCUT2D eigenvalue weighted by Crippen LogP contribution is 2.28. The van der Waals surface area contributed by atoms with Crippen molar-refractivity contribution >= 4 is 17.3 Å². The van der Waals surface area contributed by atoms with Crippen molar-refractivity contribution in [1.29, 1.82) is 0 Å². The molecular weight excluding hydrogens is 172 g/mol. The maximum Gasteiger partial charge on any atom is 0.171 e. The van der Waals surface area contributed by atoms with Crippen molar-refractivity contribution < 1.29 is 5.11 Å². The molecule has 0 aromatic heterocycles. The fourth-order valence-corrected chi connectivity index (χ4v) is 2.06. The molecule has 1 fully saturated rings. The van der Waals surface area contributed by atoms with Gasteiger partial charge in [-0.2, -0.15) is 0 Å². The zero-order valence-electron chi connectivity index (χ0n) is 8.01. The van der Waals surface area contributed by atoms with E-state index in [1.807, 2.05) is 11.9 Å². The molecule has 1 aliphatic heterocycles. The number of hydrogen-bond donors (Lipinski definition) is 2. The molecule has 1 aliphatic rings. The zero-order chi connectivity index (χ0) is 9.57. The molecular formula is C8H16N2OS. The molecule has 1 saturated heterocycles. The summed E-state index contributed by atoms with van der Waals surface area (Å²) in [6.07, 6.45) is 0.663. The fraction of sp³-hybridized carbons (Fsp3) is 0.875. The molecule has 0 aromatic carbocycles. The smallest absolute Gasteiger partial charge is 0.171 e. The Morgan fingerprint density at radius 3 is 2.42 bits per heavy atom. The number of thiocarbonyl (C=S) groups is 1. The van der Waals surface area contributed by atoms with Crippen LogP contribution < -0.4 is 5.32 Å². The van der Waals surface area contributed by atoms with Crippen molar-refractivity contribution in [3.8, 4) is 0 Å². The van der Waals surface area contributed by atoms with Gasteiger partial charge in [0.2, 0.25) is 0 Å². The van der Waals surface area contributed by atoms with E-state index >= 15 is 0 Å². The Balaban J connectivity index is 2.87. The molecule has 0 aliphatic carbocycles. The predicted molar refractivity (Wildman–Crippen MR) is 52.8 cm³/mol. The van der Waals surface area contributed by atoms with E-state index in [1.54, 1.807) is 6.92 Å². The van der Waals surface area contributed by atoms with E-state index in [0.29, 0.717) is 11.5 Å². The monoisotopic (exact) mass is 188 g/mol. The van der Waals surface area contributed by atoms with Crippen LogP contribution in [0.3, 0.4) is 0 Å². The summed E-state index contributed by atoms with van der Waals surface area (Å²) in [5.41, 5.74) is -0.946. The lowest BCUT2D eigenvalue weighted by Crippen LogP contribution is -2.65. The van der Waals surface area contributed by atoms with Gasteiger partial charge in [-0.05, 0) is 33.0 Å². The van der Waals surface area contributed by atoms with Gasteiger partial charge < -0.3 is 15.3 Å². The second kappa shape index (κ2) is 2.57. The van der Waals surface area contributed by atoms with E-state index in [2.05, 4.69) is 19.2 Å². The maximum absolute atomic E-state index is 9.77. The van der Waals surface area contributed by atoms with E-state index in [1.165, 1.54) is 0 Å². The van der Waals surface area contributed by atoms with Crippen molar-refractivity contribution in [3.05, 3.63) is 0 Å². The van der Waals surface area contributed by atoms with Crippen LogP contribution in [0.5, 0.6) is 0 Å². The lowest BCUT2D eigenvalue weighted by molar-refractivity contribution is -0.0249. The van der Waals surface area contributed by atoms with Crippen LogP contribution in [0, 0.1) is 0 Å².